The molecule has 2 aliphatic rings. The van der Waals surface area contributed by atoms with E-state index in [9.17, 15) is 20.1 Å². The van der Waals surface area contributed by atoms with Crippen molar-refractivity contribution in [2.45, 2.75) is 52.0 Å². The number of carbonyl (C=O) groups is 2. The van der Waals surface area contributed by atoms with E-state index in [0.29, 0.717) is 0 Å². The van der Waals surface area contributed by atoms with Crippen LogP contribution in [0.5, 0.6) is 0 Å². The zero-order valence-corrected chi connectivity index (χ0v) is 15.4. The van der Waals surface area contributed by atoms with Gasteiger partial charge in [-0.25, -0.2) is 4.79 Å². The minimum atomic E-state index is -1.68. The Kier molecular flexibility index (Phi) is 6.63. The van der Waals surface area contributed by atoms with Gasteiger partial charge in [-0.1, -0.05) is 19.3 Å². The van der Waals surface area contributed by atoms with Gasteiger partial charge in [0.05, 0.1) is 37.5 Å². The third kappa shape index (κ3) is 3.83. The molecule has 140 valence electrons. The highest BCUT2D eigenvalue weighted by atomic mass is 16.5. The van der Waals surface area contributed by atoms with Crippen LogP contribution >= 0.6 is 0 Å². The summed E-state index contributed by atoms with van der Waals surface area (Å²) in [6, 6.07) is 4.15. The van der Waals surface area contributed by atoms with E-state index in [4.69, 9.17) is 9.47 Å². The van der Waals surface area contributed by atoms with Crippen molar-refractivity contribution in [1.29, 1.82) is 10.5 Å². The van der Waals surface area contributed by atoms with E-state index >= 15 is 0 Å². The van der Waals surface area contributed by atoms with Crippen LogP contribution in [-0.2, 0) is 19.1 Å². The molecule has 0 aromatic rings. The molecule has 0 amide bonds. The molecule has 1 unspecified atom stereocenters. The Morgan fingerprint density at radius 2 is 1.77 bits per heavy atom. The van der Waals surface area contributed by atoms with Crippen LogP contribution in [0.4, 0.5) is 0 Å². The molecule has 26 heavy (non-hydrogen) atoms. The lowest BCUT2D eigenvalue weighted by Crippen LogP contribution is -2.52. The summed E-state index contributed by atoms with van der Waals surface area (Å²) in [5, 5.41) is 19.6. The van der Waals surface area contributed by atoms with E-state index in [1.807, 2.05) is 17.0 Å². The molecule has 1 heterocycles. The molecule has 1 saturated carbocycles. The average Bonchev–Trinajstić information content (AvgIpc) is 2.67. The molecule has 1 aliphatic carbocycles. The predicted octanol–water partition coefficient (Wildman–Crippen LogP) is 2.29. The third-order valence-electron chi connectivity index (χ3n) is 5.02. The van der Waals surface area contributed by atoms with Gasteiger partial charge in [-0.3, -0.25) is 4.79 Å². The SMILES string of the molecule is CCOC(=O)C1=CN(C2CCCCC2)CC(C#N)(C#N)C1C(=O)OCC. The van der Waals surface area contributed by atoms with E-state index in [2.05, 4.69) is 0 Å². The quantitative estimate of drug-likeness (QED) is 0.694. The van der Waals surface area contributed by atoms with E-state index in [-0.39, 0.29) is 31.4 Å². The lowest BCUT2D eigenvalue weighted by molar-refractivity contribution is -0.153. The summed E-state index contributed by atoms with van der Waals surface area (Å²) >= 11 is 0. The van der Waals surface area contributed by atoms with Gasteiger partial charge < -0.3 is 14.4 Å². The van der Waals surface area contributed by atoms with Crippen LogP contribution in [0.3, 0.4) is 0 Å². The summed E-state index contributed by atoms with van der Waals surface area (Å²) in [6.45, 7) is 3.63. The highest BCUT2D eigenvalue weighted by Crippen LogP contribution is 2.41. The monoisotopic (exact) mass is 359 g/mol. The predicted molar refractivity (Wildman–Crippen MR) is 92.1 cm³/mol. The van der Waals surface area contributed by atoms with Gasteiger partial charge in [0.2, 0.25) is 0 Å². The average molecular weight is 359 g/mol. The zero-order chi connectivity index (χ0) is 19.2. The van der Waals surface area contributed by atoms with Gasteiger partial charge in [0.25, 0.3) is 0 Å². The van der Waals surface area contributed by atoms with Crippen LogP contribution in [0.15, 0.2) is 11.8 Å². The minimum absolute atomic E-state index is 0.0326. The Bertz CT molecular complexity index is 639. The van der Waals surface area contributed by atoms with E-state index < -0.39 is 23.3 Å². The summed E-state index contributed by atoms with van der Waals surface area (Å²) in [5.41, 5.74) is -1.65. The van der Waals surface area contributed by atoms with Gasteiger partial charge in [-0.05, 0) is 26.7 Å². The molecule has 0 radical (unpaired) electrons. The van der Waals surface area contributed by atoms with E-state index in [1.165, 1.54) is 0 Å². The van der Waals surface area contributed by atoms with E-state index in [1.54, 1.807) is 20.0 Å². The van der Waals surface area contributed by atoms with Gasteiger partial charge in [-0.2, -0.15) is 10.5 Å². The number of ether oxygens (including phenoxy) is 2. The Morgan fingerprint density at radius 3 is 2.31 bits per heavy atom. The van der Waals surface area contributed by atoms with Crippen molar-refractivity contribution in [3.8, 4) is 12.1 Å². The van der Waals surface area contributed by atoms with Gasteiger partial charge in [0.1, 0.15) is 5.92 Å². The molecule has 1 aliphatic heterocycles. The second-order valence-corrected chi connectivity index (χ2v) is 6.65. The second kappa shape index (κ2) is 8.71. The maximum absolute atomic E-state index is 12.5. The Morgan fingerprint density at radius 1 is 1.15 bits per heavy atom. The highest BCUT2D eigenvalue weighted by molar-refractivity contribution is 5.97. The van der Waals surface area contributed by atoms with Gasteiger partial charge in [0, 0.05) is 12.2 Å². The number of hydrogen-bond acceptors (Lipinski definition) is 7. The Hall–Kier alpha value is -2.54. The highest BCUT2D eigenvalue weighted by Gasteiger charge is 2.53. The number of rotatable bonds is 5. The first-order valence-electron chi connectivity index (χ1n) is 9.16. The molecule has 0 N–H and O–H groups in total. The topological polar surface area (TPSA) is 103 Å². The van der Waals surface area contributed by atoms with Crippen molar-refractivity contribution in [3.63, 3.8) is 0 Å². The molecule has 0 aromatic carbocycles. The molecule has 1 fully saturated rings. The number of nitrogens with zero attached hydrogens (tertiary/aromatic N) is 3. The van der Waals surface area contributed by atoms with Crippen molar-refractivity contribution < 1.29 is 19.1 Å². The first-order valence-corrected chi connectivity index (χ1v) is 9.16. The Labute approximate surface area is 154 Å². The number of hydrogen-bond donors (Lipinski definition) is 0. The summed E-state index contributed by atoms with van der Waals surface area (Å²) in [5.74, 6) is -2.68. The van der Waals surface area contributed by atoms with Gasteiger partial charge in [0.15, 0.2) is 5.41 Å². The number of nitriles is 2. The molecule has 0 aromatic heterocycles. The molecule has 0 spiro atoms. The number of carbonyl (C=O) groups excluding carboxylic acids is 2. The lowest BCUT2D eigenvalue weighted by Gasteiger charge is -2.42. The molecule has 0 bridgehead atoms. The first-order chi connectivity index (χ1) is 12.5. The second-order valence-electron chi connectivity index (χ2n) is 6.65. The normalized spacial score (nSPS) is 22.5. The molecular formula is C19H25N3O4. The fourth-order valence-corrected chi connectivity index (χ4v) is 3.75. The Balaban J connectivity index is 2.50. The van der Waals surface area contributed by atoms with Gasteiger partial charge in [-0.15, -0.1) is 0 Å². The van der Waals surface area contributed by atoms with Gasteiger partial charge >= 0.3 is 11.9 Å². The van der Waals surface area contributed by atoms with Crippen LogP contribution in [0, 0.1) is 34.0 Å². The molecular weight excluding hydrogens is 334 g/mol. The lowest BCUT2D eigenvalue weighted by atomic mass is 9.70. The van der Waals surface area contributed by atoms with Crippen LogP contribution in [0.25, 0.3) is 0 Å². The van der Waals surface area contributed by atoms with Crippen molar-refractivity contribution >= 4 is 11.9 Å². The van der Waals surface area contributed by atoms with Crippen LogP contribution in [-0.4, -0.2) is 42.6 Å². The summed E-state index contributed by atoms with van der Waals surface area (Å²) in [4.78, 5) is 26.9. The maximum atomic E-state index is 12.5. The molecule has 7 heteroatoms. The van der Waals surface area contributed by atoms with Crippen LogP contribution in [0.1, 0.15) is 46.0 Å². The molecule has 7 nitrogen and oxygen atoms in total. The van der Waals surface area contributed by atoms with Crippen molar-refractivity contribution in [1.82, 2.24) is 4.90 Å². The molecule has 2 rings (SSSR count). The standard InChI is InChI=1S/C19H25N3O4/c1-3-25-17(23)15-10-22(14-8-6-5-7-9-14)13-19(11-20,12-21)16(15)18(24)26-4-2/h10,14,16H,3-9,13H2,1-2H3. The largest absolute Gasteiger partial charge is 0.465 e. The number of esters is 2. The summed E-state index contributed by atoms with van der Waals surface area (Å²) in [7, 11) is 0. The minimum Gasteiger partial charge on any atom is -0.465 e. The van der Waals surface area contributed by atoms with E-state index in [0.717, 1.165) is 32.1 Å². The summed E-state index contributed by atoms with van der Waals surface area (Å²) < 4.78 is 10.2. The maximum Gasteiger partial charge on any atom is 0.336 e. The van der Waals surface area contributed by atoms with Crippen LogP contribution < -0.4 is 0 Å². The fraction of sp³-hybridized carbons (Fsp3) is 0.684. The van der Waals surface area contributed by atoms with Crippen LogP contribution in [0.2, 0.25) is 0 Å². The zero-order valence-electron chi connectivity index (χ0n) is 15.4. The molecule has 0 saturated heterocycles. The van der Waals surface area contributed by atoms with Crippen molar-refractivity contribution in [3.05, 3.63) is 11.8 Å². The van der Waals surface area contributed by atoms with Crippen molar-refractivity contribution in [2.24, 2.45) is 11.3 Å². The van der Waals surface area contributed by atoms with Crippen molar-refractivity contribution in [2.75, 3.05) is 19.8 Å². The fourth-order valence-electron chi connectivity index (χ4n) is 3.75. The summed E-state index contributed by atoms with van der Waals surface area (Å²) in [6.07, 6.45) is 6.77. The smallest absolute Gasteiger partial charge is 0.336 e. The first kappa shape index (κ1) is 19.8. The third-order valence-corrected chi connectivity index (χ3v) is 5.02. The molecule has 1 atom stereocenters.